The fourth-order valence-electron chi connectivity index (χ4n) is 2.17. The van der Waals surface area contributed by atoms with E-state index in [4.69, 9.17) is 23.2 Å². The third-order valence-electron chi connectivity index (χ3n) is 3.35. The average molecular weight is 349 g/mol. The van der Waals surface area contributed by atoms with Gasteiger partial charge in [0, 0.05) is 29.5 Å². The second-order valence-corrected chi connectivity index (χ2v) is 6.87. The lowest BCUT2D eigenvalue weighted by Crippen LogP contribution is -1.99. The lowest BCUT2D eigenvalue weighted by Gasteiger charge is -2.17. The largest absolute Gasteiger partial charge is 0.329 e. The van der Waals surface area contributed by atoms with Crippen molar-refractivity contribution in [2.45, 2.75) is 10.4 Å². The number of nitrogens with zero attached hydrogens (tertiary/aromatic N) is 2. The molecule has 1 heterocycles. The highest BCUT2D eigenvalue weighted by atomic mass is 35.5. The van der Waals surface area contributed by atoms with Crippen LogP contribution in [-0.2, 0) is 7.05 Å². The monoisotopic (exact) mass is 348 g/mol. The first kappa shape index (κ1) is 15.5. The standard InChI is InChI=1S/C17H14Cl2N2S/c1-21-11-10-20-17(21)22-16(12-2-6-14(18)7-3-12)13-4-8-15(19)9-5-13/h2-11,16H,1H3. The molecule has 0 N–H and O–H groups in total. The summed E-state index contributed by atoms with van der Waals surface area (Å²) in [5.74, 6) is 0. The maximum atomic E-state index is 6.01. The van der Waals surface area contributed by atoms with Crippen LogP contribution < -0.4 is 0 Å². The third-order valence-corrected chi connectivity index (χ3v) is 5.23. The summed E-state index contributed by atoms with van der Waals surface area (Å²) in [4.78, 5) is 4.42. The minimum atomic E-state index is 0.135. The number of thioether (sulfide) groups is 1. The van der Waals surface area contributed by atoms with Gasteiger partial charge in [-0.2, -0.15) is 0 Å². The van der Waals surface area contributed by atoms with Crippen LogP contribution in [0.15, 0.2) is 66.1 Å². The van der Waals surface area contributed by atoms with E-state index in [-0.39, 0.29) is 5.25 Å². The maximum absolute atomic E-state index is 6.01. The summed E-state index contributed by atoms with van der Waals surface area (Å²) in [6, 6.07) is 15.9. The van der Waals surface area contributed by atoms with Gasteiger partial charge in [0.1, 0.15) is 0 Å². The fourth-order valence-corrected chi connectivity index (χ4v) is 3.57. The topological polar surface area (TPSA) is 17.8 Å². The molecule has 0 amide bonds. The number of hydrogen-bond donors (Lipinski definition) is 0. The van der Waals surface area contributed by atoms with Crippen LogP contribution in [-0.4, -0.2) is 9.55 Å². The van der Waals surface area contributed by atoms with Crippen molar-refractivity contribution in [3.05, 3.63) is 82.1 Å². The van der Waals surface area contributed by atoms with E-state index in [1.807, 2.05) is 48.3 Å². The summed E-state index contributed by atoms with van der Waals surface area (Å²) in [6.45, 7) is 0. The zero-order valence-corrected chi connectivity index (χ0v) is 14.2. The molecule has 2 nitrogen and oxygen atoms in total. The Morgan fingerprint density at radius 2 is 1.41 bits per heavy atom. The summed E-state index contributed by atoms with van der Waals surface area (Å²) in [5, 5.41) is 2.58. The molecule has 0 unspecified atom stereocenters. The Balaban J connectivity index is 1.99. The lowest BCUT2D eigenvalue weighted by molar-refractivity contribution is 0.787. The Bertz CT molecular complexity index is 706. The molecule has 0 saturated carbocycles. The number of benzene rings is 2. The van der Waals surface area contributed by atoms with E-state index in [0.29, 0.717) is 0 Å². The molecule has 3 rings (SSSR count). The van der Waals surface area contributed by atoms with E-state index >= 15 is 0 Å². The number of aryl methyl sites for hydroxylation is 1. The summed E-state index contributed by atoms with van der Waals surface area (Å²) in [6.07, 6.45) is 3.76. The smallest absolute Gasteiger partial charge is 0.168 e. The molecular weight excluding hydrogens is 335 g/mol. The Morgan fingerprint density at radius 3 is 1.82 bits per heavy atom. The first-order valence-corrected chi connectivity index (χ1v) is 8.42. The second kappa shape index (κ2) is 6.78. The highest BCUT2D eigenvalue weighted by Gasteiger charge is 2.18. The van der Waals surface area contributed by atoms with Crippen LogP contribution >= 0.6 is 35.0 Å². The van der Waals surface area contributed by atoms with Crippen LogP contribution in [0.4, 0.5) is 0 Å². The molecule has 112 valence electrons. The SMILES string of the molecule is Cn1ccnc1SC(c1ccc(Cl)cc1)c1ccc(Cl)cc1. The van der Waals surface area contributed by atoms with Crippen molar-refractivity contribution in [3.8, 4) is 0 Å². The molecule has 0 bridgehead atoms. The molecule has 1 aromatic heterocycles. The maximum Gasteiger partial charge on any atom is 0.168 e. The van der Waals surface area contributed by atoms with Gasteiger partial charge >= 0.3 is 0 Å². The normalized spacial score (nSPS) is 11.1. The number of imidazole rings is 1. The number of rotatable bonds is 4. The molecule has 0 fully saturated rings. The third kappa shape index (κ3) is 3.49. The molecule has 0 radical (unpaired) electrons. The van der Waals surface area contributed by atoms with Crippen LogP contribution in [0.2, 0.25) is 10.0 Å². The Hall–Kier alpha value is -1.42. The van der Waals surface area contributed by atoms with Gasteiger partial charge in [-0.25, -0.2) is 4.98 Å². The van der Waals surface area contributed by atoms with E-state index in [1.54, 1.807) is 11.8 Å². The molecule has 0 aliphatic heterocycles. The van der Waals surface area contributed by atoms with Gasteiger partial charge in [-0.15, -0.1) is 0 Å². The molecule has 22 heavy (non-hydrogen) atoms. The average Bonchev–Trinajstić information content (AvgIpc) is 2.92. The van der Waals surface area contributed by atoms with Gasteiger partial charge in [-0.1, -0.05) is 59.2 Å². The number of halogens is 2. The van der Waals surface area contributed by atoms with E-state index in [1.165, 1.54) is 11.1 Å². The molecule has 0 spiro atoms. The molecule has 0 aliphatic rings. The molecule has 0 aliphatic carbocycles. The molecule has 5 heteroatoms. The van der Waals surface area contributed by atoms with E-state index in [2.05, 4.69) is 29.2 Å². The summed E-state index contributed by atoms with van der Waals surface area (Å²) >= 11 is 13.7. The zero-order chi connectivity index (χ0) is 15.5. The number of aromatic nitrogens is 2. The highest BCUT2D eigenvalue weighted by molar-refractivity contribution is 7.99. The zero-order valence-electron chi connectivity index (χ0n) is 11.9. The van der Waals surface area contributed by atoms with Crippen molar-refractivity contribution in [3.63, 3.8) is 0 Å². The van der Waals surface area contributed by atoms with Crippen LogP contribution in [0.5, 0.6) is 0 Å². The first-order valence-electron chi connectivity index (χ1n) is 6.78. The van der Waals surface area contributed by atoms with Crippen molar-refractivity contribution in [1.29, 1.82) is 0 Å². The van der Waals surface area contributed by atoms with Crippen molar-refractivity contribution in [2.75, 3.05) is 0 Å². The van der Waals surface area contributed by atoms with Crippen LogP contribution in [0.3, 0.4) is 0 Å². The predicted molar refractivity (Wildman–Crippen MR) is 93.8 cm³/mol. The number of hydrogen-bond acceptors (Lipinski definition) is 2. The first-order chi connectivity index (χ1) is 10.6. The fraction of sp³-hybridized carbons (Fsp3) is 0.118. The molecular formula is C17H14Cl2N2S. The van der Waals surface area contributed by atoms with Crippen molar-refractivity contribution >= 4 is 35.0 Å². The van der Waals surface area contributed by atoms with Gasteiger partial charge in [-0.05, 0) is 35.4 Å². The summed E-state index contributed by atoms with van der Waals surface area (Å²) < 4.78 is 2.02. The quantitative estimate of drug-likeness (QED) is 0.570. The predicted octanol–water partition coefficient (Wildman–Crippen LogP) is 5.61. The van der Waals surface area contributed by atoms with E-state index < -0.39 is 0 Å². The highest BCUT2D eigenvalue weighted by Crippen LogP contribution is 2.40. The van der Waals surface area contributed by atoms with Gasteiger partial charge in [0.05, 0.1) is 5.25 Å². The van der Waals surface area contributed by atoms with Gasteiger partial charge in [0.15, 0.2) is 5.16 Å². The molecule has 0 atom stereocenters. The van der Waals surface area contributed by atoms with Gasteiger partial charge in [-0.3, -0.25) is 0 Å². The van der Waals surface area contributed by atoms with Crippen LogP contribution in [0, 0.1) is 0 Å². The van der Waals surface area contributed by atoms with Crippen molar-refractivity contribution in [2.24, 2.45) is 7.05 Å². The van der Waals surface area contributed by atoms with Crippen LogP contribution in [0.25, 0.3) is 0 Å². The molecule has 0 saturated heterocycles. The van der Waals surface area contributed by atoms with Gasteiger partial charge < -0.3 is 4.57 Å². The summed E-state index contributed by atoms with van der Waals surface area (Å²) in [7, 11) is 2.00. The van der Waals surface area contributed by atoms with Gasteiger partial charge in [0.2, 0.25) is 0 Å². The second-order valence-electron chi connectivity index (χ2n) is 4.92. The van der Waals surface area contributed by atoms with Crippen LogP contribution in [0.1, 0.15) is 16.4 Å². The minimum absolute atomic E-state index is 0.135. The molecule has 2 aromatic carbocycles. The van der Waals surface area contributed by atoms with E-state index in [0.717, 1.165) is 15.2 Å². The van der Waals surface area contributed by atoms with Crippen molar-refractivity contribution < 1.29 is 0 Å². The molecule has 3 aromatic rings. The Labute approximate surface area is 144 Å². The Morgan fingerprint density at radius 1 is 0.909 bits per heavy atom. The lowest BCUT2D eigenvalue weighted by atomic mass is 10.0. The van der Waals surface area contributed by atoms with E-state index in [9.17, 15) is 0 Å². The minimum Gasteiger partial charge on any atom is -0.329 e. The summed E-state index contributed by atoms with van der Waals surface area (Å²) in [5.41, 5.74) is 2.36. The Kier molecular flexibility index (Phi) is 4.77. The van der Waals surface area contributed by atoms with Crippen molar-refractivity contribution in [1.82, 2.24) is 9.55 Å². The van der Waals surface area contributed by atoms with Gasteiger partial charge in [0.25, 0.3) is 0 Å².